The van der Waals surface area contributed by atoms with E-state index in [-0.39, 0.29) is 36.5 Å². The highest BCUT2D eigenvalue weighted by Gasteiger charge is 2.66. The third-order valence-corrected chi connectivity index (χ3v) is 17.1. The number of methoxy groups -OCH3 is 1. The van der Waals surface area contributed by atoms with Crippen LogP contribution in [0.3, 0.4) is 0 Å². The summed E-state index contributed by atoms with van der Waals surface area (Å²) in [7, 11) is -0.986. The molecular weight excluding hydrogens is 831 g/mol. The summed E-state index contributed by atoms with van der Waals surface area (Å²) in [5, 5.41) is 97.4. The molecule has 19 nitrogen and oxygen atoms in total. The van der Waals surface area contributed by atoms with Crippen LogP contribution in [0.1, 0.15) is 24.5 Å². The zero-order valence-corrected chi connectivity index (χ0v) is 35.3. The predicted molar refractivity (Wildman–Crippen MR) is 220 cm³/mol. The van der Waals surface area contributed by atoms with Crippen LogP contribution >= 0.6 is 0 Å². The monoisotopic (exact) mass is 883 g/mol. The first kappa shape index (κ1) is 45.6. The van der Waals surface area contributed by atoms with Crippen LogP contribution in [-0.4, -0.2) is 153 Å². The van der Waals surface area contributed by atoms with Crippen LogP contribution in [0, 0.1) is 5.92 Å². The Morgan fingerprint density at radius 1 is 0.758 bits per heavy atom. The van der Waals surface area contributed by atoms with Gasteiger partial charge in [0.05, 0.1) is 33.5 Å². The van der Waals surface area contributed by atoms with Crippen molar-refractivity contribution < 1.29 is 79.3 Å². The largest absolute Gasteiger partial charge is 0.497 e. The third kappa shape index (κ3) is 7.93. The number of hydrogen-bond donors (Lipinski definition) is 11. The molecule has 336 valence electrons. The van der Waals surface area contributed by atoms with E-state index in [1.807, 2.05) is 31.2 Å². The summed E-state index contributed by atoms with van der Waals surface area (Å²) in [4.78, 5) is 43.2. The summed E-state index contributed by atoms with van der Waals surface area (Å²) in [6.45, 7) is 6.11. The van der Waals surface area contributed by atoms with Crippen LogP contribution in [-0.2, 0) is 40.7 Å². The lowest BCUT2D eigenvalue weighted by molar-refractivity contribution is -0.274. The van der Waals surface area contributed by atoms with Gasteiger partial charge in [0, 0.05) is 29.5 Å². The minimum Gasteiger partial charge on any atom is -0.497 e. The van der Waals surface area contributed by atoms with Crippen molar-refractivity contribution in [1.82, 2.24) is 0 Å². The number of aliphatic hydroxyl groups excluding tert-OH is 9. The molecule has 7 rings (SSSR count). The second-order valence-electron chi connectivity index (χ2n) is 16.8. The number of amides is 3. The molecule has 3 aromatic rings. The number of nitrogens with one attached hydrogen (secondary N) is 2. The fourth-order valence-electron chi connectivity index (χ4n) is 9.40. The Kier molecular flexibility index (Phi) is 13.0. The number of anilines is 3. The Morgan fingerprint density at radius 3 is 1.82 bits per heavy atom. The minimum absolute atomic E-state index is 0.0131. The topological polar surface area (TPSA) is 298 Å². The molecule has 0 aromatic heterocycles. The van der Waals surface area contributed by atoms with Gasteiger partial charge in [0.15, 0.2) is 30.4 Å². The molecule has 0 saturated carbocycles. The Balaban J connectivity index is 1.21. The second-order valence-corrected chi connectivity index (χ2v) is 21.5. The summed E-state index contributed by atoms with van der Waals surface area (Å²) in [5.41, 5.74) is 0.0664. The van der Waals surface area contributed by atoms with Crippen molar-refractivity contribution in [2.75, 3.05) is 29.3 Å². The van der Waals surface area contributed by atoms with Gasteiger partial charge < -0.3 is 80.4 Å². The second kappa shape index (κ2) is 17.6. The fraction of sp³-hybridized carbons (Fsp3) is 0.500. The standard InChI is InChI=1S/C42H53N3O16Si/c1-19-36(62(3,4)24-12-10-23(58-2)11-13-24)27(15-16-46)61-42(19)25-17-22(44-38(54)35-31(50)29(48)33(52)40(56)60-35)9-14-26(25)45(41(42)57)18-20-5-7-21(8-6-20)43-37(53)34-30(49)28(47)32(51)39(55)59-34/h5-14,17,19,27-36,39-40,46-52,55-56H,15-16,18H2,1-4H3,(H,43,53)(H,44,54)/t19-,27+,28+,29+,30+,31+,32-,33-,34+,35+,36-,39-,40-,42+/m1/s1. The van der Waals surface area contributed by atoms with E-state index in [1.54, 1.807) is 48.4 Å². The van der Waals surface area contributed by atoms with Crippen LogP contribution < -0.4 is 25.5 Å². The molecular formula is C42H53N3O16Si. The Bertz CT molecular complexity index is 2130. The molecule has 0 bridgehead atoms. The van der Waals surface area contributed by atoms with Crippen LogP contribution in [0.5, 0.6) is 5.75 Å². The van der Waals surface area contributed by atoms with Gasteiger partial charge in [-0.15, -0.1) is 0 Å². The van der Waals surface area contributed by atoms with E-state index in [9.17, 15) is 55.5 Å². The minimum atomic E-state index is -2.57. The first-order valence-corrected chi connectivity index (χ1v) is 23.3. The van der Waals surface area contributed by atoms with E-state index in [0.717, 1.165) is 5.19 Å². The maximum Gasteiger partial charge on any atom is 0.264 e. The number of hydrogen-bond acceptors (Lipinski definition) is 16. The van der Waals surface area contributed by atoms with Gasteiger partial charge in [-0.2, -0.15) is 0 Å². The SMILES string of the molecule is COc1ccc([Si](C)(C)[C@H]2[C@H](CCO)O[C@@]3(C(=O)N(Cc4ccc(NC(=O)[C@H]5O[C@@H](O)[C@H](O)[C@@H](O)[C@@H]5O)cc4)c4ccc(NC(=O)[C@H]5O[C@@H](O)[C@H](O)[C@@H](O)[C@@H]5O)cc43)[C@@H]2C)cc1. The number of nitrogens with zero attached hydrogens (tertiary/aromatic N) is 1. The molecule has 1 spiro atoms. The van der Waals surface area contributed by atoms with Gasteiger partial charge in [0.25, 0.3) is 17.7 Å². The highest BCUT2D eigenvalue weighted by atomic mass is 28.3. The number of benzene rings is 3. The summed E-state index contributed by atoms with van der Waals surface area (Å²) in [6, 6.07) is 18.9. The molecule has 3 amide bonds. The van der Waals surface area contributed by atoms with E-state index in [1.165, 1.54) is 6.07 Å². The van der Waals surface area contributed by atoms with Gasteiger partial charge in [0.2, 0.25) is 0 Å². The number of rotatable bonds is 11. The van der Waals surface area contributed by atoms with Crippen LogP contribution in [0.15, 0.2) is 66.7 Å². The Labute approximate surface area is 357 Å². The molecule has 4 heterocycles. The molecule has 0 unspecified atom stereocenters. The molecule has 4 aliphatic rings. The zero-order chi connectivity index (χ0) is 45.0. The summed E-state index contributed by atoms with van der Waals surface area (Å²) in [5.74, 6) is -2.04. The molecule has 4 aliphatic heterocycles. The van der Waals surface area contributed by atoms with Gasteiger partial charge in [-0.25, -0.2) is 0 Å². The van der Waals surface area contributed by atoms with Crippen molar-refractivity contribution in [3.63, 3.8) is 0 Å². The summed E-state index contributed by atoms with van der Waals surface area (Å²) >= 11 is 0. The fourth-order valence-corrected chi connectivity index (χ4v) is 13.5. The average Bonchev–Trinajstić information content (AvgIpc) is 3.68. The quantitative estimate of drug-likeness (QED) is 0.0959. The number of carbonyl (C=O) groups is 3. The van der Waals surface area contributed by atoms with Crippen LogP contribution in [0.2, 0.25) is 18.6 Å². The van der Waals surface area contributed by atoms with E-state index in [0.29, 0.717) is 22.6 Å². The van der Waals surface area contributed by atoms with Gasteiger partial charge in [-0.3, -0.25) is 14.4 Å². The van der Waals surface area contributed by atoms with E-state index < -0.39 is 105 Å². The molecule has 62 heavy (non-hydrogen) atoms. The van der Waals surface area contributed by atoms with Crippen molar-refractivity contribution in [3.8, 4) is 5.75 Å². The predicted octanol–water partition coefficient (Wildman–Crippen LogP) is -1.68. The smallest absolute Gasteiger partial charge is 0.264 e. The van der Waals surface area contributed by atoms with Crippen molar-refractivity contribution in [2.24, 2.45) is 5.92 Å². The van der Waals surface area contributed by atoms with E-state index >= 15 is 4.79 Å². The van der Waals surface area contributed by atoms with E-state index in [2.05, 4.69) is 23.7 Å². The van der Waals surface area contributed by atoms with Crippen molar-refractivity contribution in [1.29, 1.82) is 0 Å². The molecule has 3 aromatic carbocycles. The lowest BCUT2D eigenvalue weighted by Crippen LogP contribution is -2.60. The molecule has 3 fully saturated rings. The number of ether oxygens (including phenoxy) is 4. The molecule has 3 saturated heterocycles. The van der Waals surface area contributed by atoms with Gasteiger partial charge >= 0.3 is 0 Å². The van der Waals surface area contributed by atoms with Crippen LogP contribution in [0.4, 0.5) is 17.1 Å². The zero-order valence-electron chi connectivity index (χ0n) is 34.3. The maximum absolute atomic E-state index is 15.2. The maximum atomic E-state index is 15.2. The third-order valence-electron chi connectivity index (χ3n) is 12.8. The Hall–Kier alpha value is -4.39. The lowest BCUT2D eigenvalue weighted by Gasteiger charge is -2.37. The normalized spacial score (nSPS) is 34.6. The number of aliphatic hydroxyl groups is 9. The molecule has 0 aliphatic carbocycles. The molecule has 0 radical (unpaired) electrons. The first-order chi connectivity index (χ1) is 29.3. The van der Waals surface area contributed by atoms with Gasteiger partial charge in [-0.05, 0) is 60.0 Å². The van der Waals surface area contributed by atoms with E-state index in [4.69, 9.17) is 18.9 Å². The summed E-state index contributed by atoms with van der Waals surface area (Å²) in [6.07, 6.45) is -18.7. The molecule has 11 N–H and O–H groups in total. The van der Waals surface area contributed by atoms with Crippen molar-refractivity contribution in [2.45, 2.75) is 112 Å². The van der Waals surface area contributed by atoms with Crippen molar-refractivity contribution >= 4 is 48.0 Å². The molecule has 14 atom stereocenters. The first-order valence-electron chi connectivity index (χ1n) is 20.2. The van der Waals surface area contributed by atoms with Crippen molar-refractivity contribution in [3.05, 3.63) is 77.9 Å². The van der Waals surface area contributed by atoms with Gasteiger partial charge in [0.1, 0.15) is 42.4 Å². The lowest BCUT2D eigenvalue weighted by atomic mass is 9.82. The summed E-state index contributed by atoms with van der Waals surface area (Å²) < 4.78 is 22.6. The number of fused-ring (bicyclic) bond motifs is 2. The average molecular weight is 884 g/mol. The highest BCUT2D eigenvalue weighted by molar-refractivity contribution is 6.91. The van der Waals surface area contributed by atoms with Crippen LogP contribution in [0.25, 0.3) is 0 Å². The Morgan fingerprint density at radius 2 is 1.29 bits per heavy atom. The molecule has 20 heteroatoms. The highest BCUT2D eigenvalue weighted by Crippen LogP contribution is 2.60. The number of carbonyl (C=O) groups excluding carboxylic acids is 3. The van der Waals surface area contributed by atoms with Gasteiger partial charge in [-0.1, -0.05) is 49.5 Å².